The van der Waals surface area contributed by atoms with Crippen LogP contribution in [0.5, 0.6) is 0 Å². The van der Waals surface area contributed by atoms with Gasteiger partial charge in [-0.15, -0.1) is 5.10 Å². The SMILES string of the molecule is CC1(C)OCC(c2cn(CCOCCO)nn2)O1. The van der Waals surface area contributed by atoms with Gasteiger partial charge in [-0.05, 0) is 13.8 Å². The molecular formula is C11H19N3O4. The molecule has 18 heavy (non-hydrogen) atoms. The first kappa shape index (κ1) is 13.4. The summed E-state index contributed by atoms with van der Waals surface area (Å²) < 4.78 is 18.0. The fraction of sp³-hybridized carbons (Fsp3) is 0.818. The fourth-order valence-electron chi connectivity index (χ4n) is 1.73. The summed E-state index contributed by atoms with van der Waals surface area (Å²) in [6, 6.07) is 0. The summed E-state index contributed by atoms with van der Waals surface area (Å²) in [6.07, 6.45) is 1.67. The van der Waals surface area contributed by atoms with Crippen LogP contribution in [0.3, 0.4) is 0 Å². The molecule has 2 heterocycles. The summed E-state index contributed by atoms with van der Waals surface area (Å²) in [6.45, 7) is 5.72. The van der Waals surface area contributed by atoms with Gasteiger partial charge in [0.1, 0.15) is 11.8 Å². The highest BCUT2D eigenvalue weighted by molar-refractivity contribution is 5.00. The van der Waals surface area contributed by atoms with Gasteiger partial charge in [0, 0.05) is 0 Å². The van der Waals surface area contributed by atoms with Gasteiger partial charge >= 0.3 is 0 Å². The van der Waals surface area contributed by atoms with Crippen LogP contribution in [0.4, 0.5) is 0 Å². The van der Waals surface area contributed by atoms with E-state index < -0.39 is 5.79 Å². The number of nitrogens with zero attached hydrogens (tertiary/aromatic N) is 3. The number of hydrogen-bond acceptors (Lipinski definition) is 6. The second-order valence-electron chi connectivity index (χ2n) is 4.56. The molecule has 1 atom stereocenters. The van der Waals surface area contributed by atoms with E-state index in [1.807, 2.05) is 20.0 Å². The zero-order valence-electron chi connectivity index (χ0n) is 10.7. The summed E-state index contributed by atoms with van der Waals surface area (Å²) in [4.78, 5) is 0. The van der Waals surface area contributed by atoms with Crippen LogP contribution in [-0.2, 0) is 20.8 Å². The van der Waals surface area contributed by atoms with Crippen molar-refractivity contribution in [2.75, 3.05) is 26.4 Å². The Labute approximate surface area is 106 Å². The smallest absolute Gasteiger partial charge is 0.163 e. The van der Waals surface area contributed by atoms with Crippen LogP contribution in [0.15, 0.2) is 6.20 Å². The maximum Gasteiger partial charge on any atom is 0.163 e. The lowest BCUT2D eigenvalue weighted by Crippen LogP contribution is -2.19. The Hall–Kier alpha value is -1.02. The molecule has 1 unspecified atom stereocenters. The summed E-state index contributed by atoms with van der Waals surface area (Å²) in [5, 5.41) is 16.6. The first-order valence-electron chi connectivity index (χ1n) is 6.01. The van der Waals surface area contributed by atoms with E-state index in [1.165, 1.54) is 0 Å². The minimum atomic E-state index is -0.557. The molecule has 0 radical (unpaired) electrons. The van der Waals surface area contributed by atoms with Crippen molar-refractivity contribution >= 4 is 0 Å². The van der Waals surface area contributed by atoms with Gasteiger partial charge in [-0.25, -0.2) is 4.68 Å². The van der Waals surface area contributed by atoms with E-state index in [4.69, 9.17) is 19.3 Å². The van der Waals surface area contributed by atoms with Crippen molar-refractivity contribution in [3.8, 4) is 0 Å². The Morgan fingerprint density at radius 2 is 2.39 bits per heavy atom. The third-order valence-corrected chi connectivity index (χ3v) is 2.59. The highest BCUT2D eigenvalue weighted by atomic mass is 16.7. The van der Waals surface area contributed by atoms with Crippen molar-refractivity contribution in [3.05, 3.63) is 11.9 Å². The van der Waals surface area contributed by atoms with Gasteiger partial charge in [0.15, 0.2) is 5.79 Å². The van der Waals surface area contributed by atoms with Gasteiger partial charge in [-0.3, -0.25) is 0 Å². The van der Waals surface area contributed by atoms with E-state index in [0.29, 0.717) is 26.4 Å². The normalized spacial score (nSPS) is 22.5. The van der Waals surface area contributed by atoms with E-state index in [0.717, 1.165) is 5.69 Å². The average Bonchev–Trinajstić information content (AvgIpc) is 2.91. The highest BCUT2D eigenvalue weighted by Crippen LogP contribution is 2.31. The van der Waals surface area contributed by atoms with Crippen LogP contribution in [0, 0.1) is 0 Å². The maximum atomic E-state index is 8.57. The summed E-state index contributed by atoms with van der Waals surface area (Å²) in [5.41, 5.74) is 0.766. The predicted octanol–water partition coefficient (Wildman–Crippen LogP) is 0.111. The zero-order valence-corrected chi connectivity index (χ0v) is 10.7. The van der Waals surface area contributed by atoms with Gasteiger partial charge in [0.05, 0.1) is 39.2 Å². The van der Waals surface area contributed by atoms with Gasteiger partial charge in [-0.1, -0.05) is 5.21 Å². The second kappa shape index (κ2) is 5.75. The number of rotatable bonds is 6. The molecule has 1 aromatic rings. The van der Waals surface area contributed by atoms with E-state index in [1.54, 1.807) is 4.68 Å². The van der Waals surface area contributed by atoms with Crippen molar-refractivity contribution in [1.82, 2.24) is 15.0 Å². The predicted molar refractivity (Wildman–Crippen MR) is 61.8 cm³/mol. The fourth-order valence-corrected chi connectivity index (χ4v) is 1.73. The van der Waals surface area contributed by atoms with E-state index >= 15 is 0 Å². The molecule has 2 rings (SSSR count). The lowest BCUT2D eigenvalue weighted by atomic mass is 10.3. The topological polar surface area (TPSA) is 78.6 Å². The molecule has 0 saturated carbocycles. The third-order valence-electron chi connectivity index (χ3n) is 2.59. The number of aromatic nitrogens is 3. The molecule has 1 aromatic heterocycles. The molecule has 1 aliphatic rings. The van der Waals surface area contributed by atoms with Crippen LogP contribution in [-0.4, -0.2) is 52.3 Å². The molecule has 1 saturated heterocycles. The third kappa shape index (κ3) is 3.49. The largest absolute Gasteiger partial charge is 0.394 e. The molecular weight excluding hydrogens is 238 g/mol. The van der Waals surface area contributed by atoms with Crippen LogP contribution >= 0.6 is 0 Å². The quantitative estimate of drug-likeness (QED) is 0.729. The first-order valence-corrected chi connectivity index (χ1v) is 6.01. The van der Waals surface area contributed by atoms with Crippen LogP contribution < -0.4 is 0 Å². The highest BCUT2D eigenvalue weighted by Gasteiger charge is 2.35. The van der Waals surface area contributed by atoms with Gasteiger partial charge in [-0.2, -0.15) is 0 Å². The van der Waals surface area contributed by atoms with E-state index in [2.05, 4.69) is 10.3 Å². The Kier molecular flexibility index (Phi) is 4.28. The van der Waals surface area contributed by atoms with Crippen LogP contribution in [0.2, 0.25) is 0 Å². The molecule has 0 bridgehead atoms. The minimum Gasteiger partial charge on any atom is -0.394 e. The lowest BCUT2D eigenvalue weighted by molar-refractivity contribution is -0.139. The van der Waals surface area contributed by atoms with Crippen molar-refractivity contribution < 1.29 is 19.3 Å². The molecule has 1 N–H and O–H groups in total. The Morgan fingerprint density at radius 1 is 1.56 bits per heavy atom. The van der Waals surface area contributed by atoms with E-state index in [-0.39, 0.29) is 12.7 Å². The van der Waals surface area contributed by atoms with Crippen molar-refractivity contribution in [2.24, 2.45) is 0 Å². The van der Waals surface area contributed by atoms with Crippen molar-refractivity contribution in [3.63, 3.8) is 0 Å². The first-order chi connectivity index (χ1) is 8.61. The standard InChI is InChI=1S/C11H19N3O4/c1-11(2)17-8-10(18-11)9-7-14(13-12-9)3-5-16-6-4-15/h7,10,15H,3-6,8H2,1-2H3. The molecule has 1 fully saturated rings. The maximum absolute atomic E-state index is 8.57. The van der Waals surface area contributed by atoms with Crippen molar-refractivity contribution in [1.29, 1.82) is 0 Å². The second-order valence-corrected chi connectivity index (χ2v) is 4.56. The zero-order chi connectivity index (χ0) is 13.0. The Morgan fingerprint density at radius 3 is 3.06 bits per heavy atom. The summed E-state index contributed by atoms with van der Waals surface area (Å²) in [5.74, 6) is -0.557. The molecule has 0 spiro atoms. The monoisotopic (exact) mass is 257 g/mol. The molecule has 102 valence electrons. The molecule has 0 aromatic carbocycles. The van der Waals surface area contributed by atoms with Crippen LogP contribution in [0.1, 0.15) is 25.6 Å². The molecule has 1 aliphatic heterocycles. The molecule has 0 amide bonds. The van der Waals surface area contributed by atoms with Gasteiger partial charge in [0.25, 0.3) is 0 Å². The number of ether oxygens (including phenoxy) is 3. The summed E-state index contributed by atoms with van der Waals surface area (Å²) in [7, 11) is 0. The molecule has 7 nitrogen and oxygen atoms in total. The molecule has 7 heteroatoms. The van der Waals surface area contributed by atoms with Gasteiger partial charge in [0.2, 0.25) is 0 Å². The van der Waals surface area contributed by atoms with Crippen LogP contribution in [0.25, 0.3) is 0 Å². The lowest BCUT2D eigenvalue weighted by Gasteiger charge is -2.15. The van der Waals surface area contributed by atoms with Gasteiger partial charge < -0.3 is 19.3 Å². The minimum absolute atomic E-state index is 0.0327. The number of hydrogen-bond donors (Lipinski definition) is 1. The number of aliphatic hydroxyl groups is 1. The Balaban J connectivity index is 1.83. The Bertz CT molecular complexity index is 380. The van der Waals surface area contributed by atoms with E-state index in [9.17, 15) is 0 Å². The number of aliphatic hydroxyl groups excluding tert-OH is 1. The van der Waals surface area contributed by atoms with Crippen molar-refractivity contribution in [2.45, 2.75) is 32.3 Å². The molecule has 0 aliphatic carbocycles. The average molecular weight is 257 g/mol. The summed E-state index contributed by atoms with van der Waals surface area (Å²) >= 11 is 0.